The number of aliphatic hydroxyl groups is 2. The summed E-state index contributed by atoms with van der Waals surface area (Å²) in [5, 5.41) is 29.2. The van der Waals surface area contributed by atoms with Gasteiger partial charge in [0.1, 0.15) is 6.10 Å². The summed E-state index contributed by atoms with van der Waals surface area (Å²) in [6, 6.07) is 0. The Bertz CT molecular complexity index is 909. The second kappa shape index (κ2) is 12.3. The number of esters is 1. The number of allylic oxidation sites excluding steroid dienone is 4. The predicted molar refractivity (Wildman–Crippen MR) is 145 cm³/mol. The number of aliphatic hydroxyl groups excluding tert-OH is 1. The van der Waals surface area contributed by atoms with Crippen molar-refractivity contribution in [2.24, 2.45) is 23.2 Å². The number of hydrogen-bond donors (Lipinski definition) is 3. The van der Waals surface area contributed by atoms with Gasteiger partial charge < -0.3 is 20.1 Å². The van der Waals surface area contributed by atoms with Gasteiger partial charge in [0.25, 0.3) is 0 Å². The Labute approximate surface area is 222 Å². The maximum atomic E-state index is 12.0. The fourth-order valence-corrected chi connectivity index (χ4v) is 7.12. The lowest BCUT2D eigenvalue weighted by molar-refractivity contribution is -0.152. The van der Waals surface area contributed by atoms with Crippen molar-refractivity contribution < 1.29 is 29.6 Å². The molecular weight excluding hydrogens is 468 g/mol. The van der Waals surface area contributed by atoms with E-state index in [1.807, 2.05) is 0 Å². The van der Waals surface area contributed by atoms with Crippen molar-refractivity contribution in [2.45, 2.75) is 123 Å². The number of fused-ring (bicyclic) bond motifs is 1. The first-order valence-corrected chi connectivity index (χ1v) is 14.2. The summed E-state index contributed by atoms with van der Waals surface area (Å²) in [7, 11) is 0. The van der Waals surface area contributed by atoms with E-state index in [1.54, 1.807) is 13.8 Å². The molecule has 0 bridgehead atoms. The zero-order valence-electron chi connectivity index (χ0n) is 23.3. The Morgan fingerprint density at radius 2 is 1.89 bits per heavy atom. The largest absolute Gasteiger partial charge is 0.481 e. The molecule has 3 aliphatic carbocycles. The minimum atomic E-state index is -1.06. The van der Waals surface area contributed by atoms with Gasteiger partial charge in [-0.05, 0) is 100 Å². The molecule has 208 valence electrons. The highest BCUT2D eigenvalue weighted by Crippen LogP contribution is 2.60. The first-order chi connectivity index (χ1) is 17.3. The van der Waals surface area contributed by atoms with Crippen LogP contribution in [-0.2, 0) is 14.3 Å². The van der Waals surface area contributed by atoms with E-state index < -0.39 is 23.6 Å². The molecule has 6 unspecified atom stereocenters. The number of carbonyl (C=O) groups is 2. The van der Waals surface area contributed by atoms with E-state index in [4.69, 9.17) is 9.84 Å². The van der Waals surface area contributed by atoms with Crippen molar-refractivity contribution in [2.75, 3.05) is 0 Å². The minimum Gasteiger partial charge on any atom is -0.481 e. The first-order valence-electron chi connectivity index (χ1n) is 14.2. The number of carboxylic acid groups (broad SMARTS) is 1. The Morgan fingerprint density at radius 3 is 2.57 bits per heavy atom. The molecule has 0 saturated heterocycles. The van der Waals surface area contributed by atoms with E-state index in [-0.39, 0.29) is 24.4 Å². The fourth-order valence-electron chi connectivity index (χ4n) is 7.12. The second-order valence-corrected chi connectivity index (χ2v) is 12.6. The molecule has 0 aromatic carbocycles. The fraction of sp³-hybridized carbons (Fsp3) is 0.742. The molecule has 0 spiro atoms. The highest BCUT2D eigenvalue weighted by molar-refractivity contribution is 5.76. The minimum absolute atomic E-state index is 0.0908. The topological polar surface area (TPSA) is 104 Å². The lowest BCUT2D eigenvalue weighted by atomic mass is 9.60. The van der Waals surface area contributed by atoms with Crippen molar-refractivity contribution in [3.63, 3.8) is 0 Å². The quantitative estimate of drug-likeness (QED) is 0.302. The standard InChI is InChI=1S/C31H48O6/c1-20-8-12-24(37-29(35)17-16-28(33)34)19-23(20)11-10-22-7-6-18-31(5)25(13-14-26(22)31)21(2)9-15-27(32)30(3,4)36/h10-11,21,24-27,32,36H,1,6-9,12-19H2,2-5H3,(H,33,34)/b22-10+,23-11-. The third-order valence-electron chi connectivity index (χ3n) is 9.45. The van der Waals surface area contributed by atoms with Gasteiger partial charge in [-0.2, -0.15) is 0 Å². The number of carboxylic acids is 1. The average Bonchev–Trinajstić information content (AvgIpc) is 3.18. The molecule has 0 amide bonds. The summed E-state index contributed by atoms with van der Waals surface area (Å²) >= 11 is 0. The summed E-state index contributed by atoms with van der Waals surface area (Å²) < 4.78 is 5.56. The molecular formula is C31H48O6. The molecule has 0 aliphatic heterocycles. The third-order valence-corrected chi connectivity index (χ3v) is 9.45. The number of aliphatic carboxylic acids is 1. The summed E-state index contributed by atoms with van der Waals surface area (Å²) in [5.74, 6) is 0.241. The van der Waals surface area contributed by atoms with Gasteiger partial charge in [0, 0.05) is 6.42 Å². The second-order valence-electron chi connectivity index (χ2n) is 12.6. The van der Waals surface area contributed by atoms with Crippen LogP contribution in [0.25, 0.3) is 0 Å². The molecule has 0 aromatic rings. The van der Waals surface area contributed by atoms with E-state index in [2.05, 4.69) is 32.6 Å². The molecule has 37 heavy (non-hydrogen) atoms. The lowest BCUT2D eigenvalue weighted by Gasteiger charge is -2.44. The van der Waals surface area contributed by atoms with Crippen molar-refractivity contribution >= 4 is 11.9 Å². The van der Waals surface area contributed by atoms with E-state index in [1.165, 1.54) is 31.3 Å². The van der Waals surface area contributed by atoms with E-state index in [0.29, 0.717) is 30.6 Å². The number of rotatable bonds is 10. The SMILES string of the molecule is C=C1CCC(OC(=O)CCC(=O)O)C/C1=C/C=C1\CCCC2(C)C1CCC2C(C)CCC(O)C(C)(C)O. The van der Waals surface area contributed by atoms with Gasteiger partial charge in [-0.1, -0.05) is 43.7 Å². The van der Waals surface area contributed by atoms with Crippen LogP contribution < -0.4 is 0 Å². The summed E-state index contributed by atoms with van der Waals surface area (Å²) in [6.45, 7) is 12.4. The summed E-state index contributed by atoms with van der Waals surface area (Å²) in [4.78, 5) is 22.7. The molecule has 6 atom stereocenters. The van der Waals surface area contributed by atoms with Crippen LogP contribution in [0.2, 0.25) is 0 Å². The smallest absolute Gasteiger partial charge is 0.306 e. The summed E-state index contributed by atoms with van der Waals surface area (Å²) in [5.41, 5.74) is 2.94. The van der Waals surface area contributed by atoms with Crippen LogP contribution in [0.1, 0.15) is 105 Å². The van der Waals surface area contributed by atoms with Crippen LogP contribution in [0.5, 0.6) is 0 Å². The zero-order chi connectivity index (χ0) is 27.4. The van der Waals surface area contributed by atoms with Crippen molar-refractivity contribution in [1.29, 1.82) is 0 Å². The zero-order valence-corrected chi connectivity index (χ0v) is 23.3. The molecule has 0 radical (unpaired) electrons. The van der Waals surface area contributed by atoms with Gasteiger partial charge >= 0.3 is 11.9 Å². The normalized spacial score (nSPS) is 32.3. The Morgan fingerprint density at radius 1 is 1.16 bits per heavy atom. The number of ether oxygens (including phenoxy) is 1. The molecule has 6 nitrogen and oxygen atoms in total. The Hall–Kier alpha value is -1.92. The van der Waals surface area contributed by atoms with Crippen LogP contribution in [0.15, 0.2) is 35.5 Å². The van der Waals surface area contributed by atoms with Crippen LogP contribution in [0.4, 0.5) is 0 Å². The lowest BCUT2D eigenvalue weighted by Crippen LogP contribution is -2.38. The number of carbonyl (C=O) groups excluding carboxylic acids is 1. The molecule has 0 heterocycles. The van der Waals surface area contributed by atoms with Gasteiger partial charge in [0.2, 0.25) is 0 Å². The third kappa shape index (κ3) is 7.57. The molecule has 3 aliphatic rings. The van der Waals surface area contributed by atoms with Gasteiger partial charge in [0.15, 0.2) is 0 Å². The maximum Gasteiger partial charge on any atom is 0.306 e. The first kappa shape index (κ1) is 29.6. The average molecular weight is 517 g/mol. The van der Waals surface area contributed by atoms with Crippen LogP contribution in [0.3, 0.4) is 0 Å². The van der Waals surface area contributed by atoms with Crippen LogP contribution in [-0.4, -0.2) is 45.1 Å². The van der Waals surface area contributed by atoms with Crippen molar-refractivity contribution in [3.8, 4) is 0 Å². The highest BCUT2D eigenvalue weighted by atomic mass is 16.5. The van der Waals surface area contributed by atoms with Gasteiger partial charge in [-0.3, -0.25) is 9.59 Å². The van der Waals surface area contributed by atoms with E-state index >= 15 is 0 Å². The van der Waals surface area contributed by atoms with Crippen molar-refractivity contribution in [1.82, 2.24) is 0 Å². The van der Waals surface area contributed by atoms with Crippen molar-refractivity contribution in [3.05, 3.63) is 35.5 Å². The van der Waals surface area contributed by atoms with E-state index in [0.717, 1.165) is 36.8 Å². The number of hydrogen-bond acceptors (Lipinski definition) is 5. The molecule has 3 rings (SSSR count). The summed E-state index contributed by atoms with van der Waals surface area (Å²) in [6.07, 6.45) is 12.9. The molecule has 0 aromatic heterocycles. The van der Waals surface area contributed by atoms with Gasteiger partial charge in [-0.25, -0.2) is 0 Å². The van der Waals surface area contributed by atoms with E-state index in [9.17, 15) is 19.8 Å². The van der Waals surface area contributed by atoms with Crippen LogP contribution in [0, 0.1) is 23.2 Å². The molecule has 3 saturated carbocycles. The maximum absolute atomic E-state index is 12.0. The highest BCUT2D eigenvalue weighted by Gasteiger charge is 2.50. The monoisotopic (exact) mass is 516 g/mol. The Kier molecular flexibility index (Phi) is 9.85. The van der Waals surface area contributed by atoms with Gasteiger partial charge in [0.05, 0.1) is 24.5 Å². The molecule has 3 N–H and O–H groups in total. The molecule has 3 fully saturated rings. The Balaban J connectivity index is 1.65. The predicted octanol–water partition coefficient (Wildman–Crippen LogP) is 6.12. The van der Waals surface area contributed by atoms with Crippen LogP contribution >= 0.6 is 0 Å². The molecule has 6 heteroatoms. The van der Waals surface area contributed by atoms with Gasteiger partial charge in [-0.15, -0.1) is 0 Å².